The number of carbonyl (C=O) groups is 1. The normalized spacial score (nSPS) is 16.0. The number of nitrogens with zero attached hydrogens (tertiary/aromatic N) is 1. The van der Waals surface area contributed by atoms with Crippen molar-refractivity contribution < 1.29 is 13.9 Å². The minimum absolute atomic E-state index is 0.0171. The lowest BCUT2D eigenvalue weighted by molar-refractivity contribution is -0.0350. The van der Waals surface area contributed by atoms with Gasteiger partial charge in [-0.1, -0.05) is 64.5 Å². The fourth-order valence-electron chi connectivity index (χ4n) is 2.49. The fraction of sp³-hybridized carbons (Fsp3) is 0.235. The molecule has 1 amide bonds. The summed E-state index contributed by atoms with van der Waals surface area (Å²) >= 11 is 3.35. The van der Waals surface area contributed by atoms with Crippen LogP contribution >= 0.6 is 15.9 Å². The molecule has 0 aromatic heterocycles. The smallest absolute Gasteiger partial charge is 0.410 e. The number of hydrogen-bond acceptors (Lipinski definition) is 2. The van der Waals surface area contributed by atoms with Crippen molar-refractivity contribution in [2.45, 2.75) is 12.3 Å². The molecule has 1 aliphatic heterocycles. The van der Waals surface area contributed by atoms with Gasteiger partial charge in [0, 0.05) is 10.0 Å². The van der Waals surface area contributed by atoms with Crippen molar-refractivity contribution in [2.75, 3.05) is 13.1 Å². The van der Waals surface area contributed by atoms with Crippen molar-refractivity contribution in [1.29, 1.82) is 0 Å². The molecule has 1 saturated heterocycles. The van der Waals surface area contributed by atoms with E-state index in [1.807, 2.05) is 36.4 Å². The highest BCUT2D eigenvalue weighted by Gasteiger charge is 2.48. The number of ether oxygens (including phenoxy) is 1. The fourth-order valence-corrected chi connectivity index (χ4v) is 3.13. The minimum atomic E-state index is -1.51. The van der Waals surface area contributed by atoms with E-state index < -0.39 is 11.8 Å². The molecule has 2 aromatic rings. The molecule has 22 heavy (non-hydrogen) atoms. The highest BCUT2D eigenvalue weighted by molar-refractivity contribution is 9.10. The van der Waals surface area contributed by atoms with Gasteiger partial charge < -0.3 is 9.64 Å². The maximum absolute atomic E-state index is 14.8. The van der Waals surface area contributed by atoms with E-state index in [0.717, 1.165) is 10.0 Å². The second-order valence-corrected chi connectivity index (χ2v) is 6.20. The van der Waals surface area contributed by atoms with Gasteiger partial charge in [-0.05, 0) is 11.6 Å². The van der Waals surface area contributed by atoms with Crippen LogP contribution in [0.2, 0.25) is 0 Å². The number of amides is 1. The topological polar surface area (TPSA) is 29.5 Å². The van der Waals surface area contributed by atoms with Crippen molar-refractivity contribution in [2.24, 2.45) is 0 Å². The van der Waals surface area contributed by atoms with E-state index in [1.54, 1.807) is 18.2 Å². The minimum Gasteiger partial charge on any atom is -0.445 e. The Hall–Kier alpha value is -1.88. The third-order valence-electron chi connectivity index (χ3n) is 3.70. The van der Waals surface area contributed by atoms with Gasteiger partial charge in [-0.15, -0.1) is 0 Å². The average Bonchev–Trinajstić information content (AvgIpc) is 2.51. The third-order valence-corrected chi connectivity index (χ3v) is 4.39. The summed E-state index contributed by atoms with van der Waals surface area (Å²) in [6.07, 6.45) is -0.482. The Balaban J connectivity index is 1.56. The molecule has 0 unspecified atom stereocenters. The number of carbonyl (C=O) groups excluding carboxylic acids is 1. The Morgan fingerprint density at radius 2 is 1.77 bits per heavy atom. The molecule has 5 heteroatoms. The molecule has 0 saturated carbocycles. The Morgan fingerprint density at radius 3 is 2.45 bits per heavy atom. The van der Waals surface area contributed by atoms with Crippen LogP contribution in [0, 0.1) is 0 Å². The zero-order valence-corrected chi connectivity index (χ0v) is 13.4. The van der Waals surface area contributed by atoms with Crippen LogP contribution in [0.4, 0.5) is 9.18 Å². The lowest BCUT2D eigenvalue weighted by atomic mass is 9.88. The monoisotopic (exact) mass is 363 g/mol. The summed E-state index contributed by atoms with van der Waals surface area (Å²) in [6, 6.07) is 16.6. The van der Waals surface area contributed by atoms with Crippen LogP contribution < -0.4 is 0 Å². The van der Waals surface area contributed by atoms with E-state index in [4.69, 9.17) is 4.74 Å². The molecule has 0 N–H and O–H groups in total. The van der Waals surface area contributed by atoms with Gasteiger partial charge in [-0.3, -0.25) is 0 Å². The van der Waals surface area contributed by atoms with Gasteiger partial charge >= 0.3 is 6.09 Å². The van der Waals surface area contributed by atoms with Gasteiger partial charge in [0.2, 0.25) is 0 Å². The second-order valence-electron chi connectivity index (χ2n) is 5.34. The summed E-state index contributed by atoms with van der Waals surface area (Å²) in [4.78, 5) is 13.3. The number of alkyl halides is 1. The largest absolute Gasteiger partial charge is 0.445 e. The standard InChI is InChI=1S/C17H15BrFNO2/c18-15-9-5-4-8-14(15)17(19)11-20(12-17)16(21)22-10-13-6-2-1-3-7-13/h1-9H,10-12H2. The van der Waals surface area contributed by atoms with E-state index in [9.17, 15) is 9.18 Å². The molecular formula is C17H15BrFNO2. The molecule has 114 valence electrons. The first-order chi connectivity index (χ1) is 10.6. The van der Waals surface area contributed by atoms with E-state index in [2.05, 4.69) is 15.9 Å². The number of likely N-dealkylation sites (tertiary alicyclic amines) is 1. The van der Waals surface area contributed by atoms with Gasteiger partial charge in [0.25, 0.3) is 0 Å². The first-order valence-corrected chi connectivity index (χ1v) is 7.77. The van der Waals surface area contributed by atoms with Crippen LogP contribution in [-0.2, 0) is 17.0 Å². The first-order valence-electron chi connectivity index (χ1n) is 6.98. The Labute approximate surface area is 136 Å². The summed E-state index contributed by atoms with van der Waals surface area (Å²) in [5.41, 5.74) is -0.0259. The van der Waals surface area contributed by atoms with Crippen LogP contribution in [0.15, 0.2) is 59.1 Å². The molecule has 0 radical (unpaired) electrons. The maximum atomic E-state index is 14.8. The zero-order chi connectivity index (χ0) is 15.6. The first kappa shape index (κ1) is 15.0. The molecule has 0 aliphatic carbocycles. The van der Waals surface area contributed by atoms with Gasteiger partial charge in [-0.2, -0.15) is 0 Å². The molecule has 3 nitrogen and oxygen atoms in total. The van der Waals surface area contributed by atoms with Gasteiger partial charge in [-0.25, -0.2) is 9.18 Å². The van der Waals surface area contributed by atoms with Crippen LogP contribution in [0.5, 0.6) is 0 Å². The van der Waals surface area contributed by atoms with E-state index in [1.165, 1.54) is 4.90 Å². The summed E-state index contributed by atoms with van der Waals surface area (Å²) < 4.78 is 20.7. The predicted molar refractivity (Wildman–Crippen MR) is 85.1 cm³/mol. The number of rotatable bonds is 3. The predicted octanol–water partition coefficient (Wildman–Crippen LogP) is 4.27. The number of hydrogen-bond donors (Lipinski definition) is 0. The van der Waals surface area contributed by atoms with Gasteiger partial charge in [0.1, 0.15) is 6.61 Å². The molecule has 1 aliphatic rings. The molecule has 1 fully saturated rings. The highest BCUT2D eigenvalue weighted by atomic mass is 79.9. The zero-order valence-electron chi connectivity index (χ0n) is 11.8. The van der Waals surface area contributed by atoms with Crippen molar-refractivity contribution in [1.82, 2.24) is 4.90 Å². The second kappa shape index (κ2) is 6.08. The SMILES string of the molecule is O=C(OCc1ccccc1)N1CC(F)(c2ccccc2Br)C1. The third kappa shape index (κ3) is 2.99. The lowest BCUT2D eigenvalue weighted by Gasteiger charge is -2.44. The van der Waals surface area contributed by atoms with Gasteiger partial charge in [0.05, 0.1) is 13.1 Å². The molecule has 0 spiro atoms. The molecule has 2 aromatic carbocycles. The Morgan fingerprint density at radius 1 is 1.14 bits per heavy atom. The average molecular weight is 364 g/mol. The Bertz CT molecular complexity index is 671. The maximum Gasteiger partial charge on any atom is 0.410 e. The molecule has 3 rings (SSSR count). The molecular weight excluding hydrogens is 349 g/mol. The molecule has 0 bridgehead atoms. The summed E-state index contributed by atoms with van der Waals surface area (Å²) in [6.45, 7) is 0.233. The van der Waals surface area contributed by atoms with Crippen LogP contribution in [0.25, 0.3) is 0 Å². The number of benzene rings is 2. The van der Waals surface area contributed by atoms with E-state index in [-0.39, 0.29) is 19.7 Å². The summed E-state index contributed by atoms with van der Waals surface area (Å²) in [5.74, 6) is 0. The van der Waals surface area contributed by atoms with Crippen LogP contribution in [0.1, 0.15) is 11.1 Å². The molecule has 0 atom stereocenters. The van der Waals surface area contributed by atoms with Crippen molar-refractivity contribution >= 4 is 22.0 Å². The van der Waals surface area contributed by atoms with E-state index in [0.29, 0.717) is 5.56 Å². The van der Waals surface area contributed by atoms with Crippen molar-refractivity contribution in [3.05, 3.63) is 70.2 Å². The van der Waals surface area contributed by atoms with Crippen LogP contribution in [-0.4, -0.2) is 24.1 Å². The summed E-state index contributed by atoms with van der Waals surface area (Å²) in [5, 5.41) is 0. The Kier molecular flexibility index (Phi) is 4.16. The molecule has 1 heterocycles. The lowest BCUT2D eigenvalue weighted by Crippen LogP contribution is -2.59. The van der Waals surface area contributed by atoms with Crippen LogP contribution in [0.3, 0.4) is 0 Å². The number of halogens is 2. The summed E-state index contributed by atoms with van der Waals surface area (Å²) in [7, 11) is 0. The van der Waals surface area contributed by atoms with Crippen molar-refractivity contribution in [3.63, 3.8) is 0 Å². The highest BCUT2D eigenvalue weighted by Crippen LogP contribution is 2.39. The van der Waals surface area contributed by atoms with E-state index >= 15 is 0 Å². The quantitative estimate of drug-likeness (QED) is 0.814. The van der Waals surface area contributed by atoms with Crippen molar-refractivity contribution in [3.8, 4) is 0 Å². The van der Waals surface area contributed by atoms with Gasteiger partial charge in [0.15, 0.2) is 5.67 Å².